The van der Waals surface area contributed by atoms with E-state index in [1.54, 1.807) is 11.8 Å². The minimum Gasteiger partial charge on any atom is -0.356 e. The zero-order valence-corrected chi connectivity index (χ0v) is 9.45. The first-order valence-electron chi connectivity index (χ1n) is 4.80. The van der Waals surface area contributed by atoms with Crippen LogP contribution in [0.5, 0.6) is 0 Å². The lowest BCUT2D eigenvalue weighted by Gasteiger charge is -2.03. The molecule has 0 fully saturated rings. The summed E-state index contributed by atoms with van der Waals surface area (Å²) in [7, 11) is 0. The summed E-state index contributed by atoms with van der Waals surface area (Å²) in [5.74, 6) is 4.43. The molecule has 0 aliphatic carbocycles. The van der Waals surface area contributed by atoms with Gasteiger partial charge < -0.3 is 10.6 Å². The van der Waals surface area contributed by atoms with Crippen LogP contribution in [-0.2, 0) is 4.79 Å². The standard InChI is InChI=1S/C10H18N2OS/c1-3-8-14-9-7-11-6-5-10(13)12-4-2/h1,11H,4-9H2,2H3,(H,12,13). The van der Waals surface area contributed by atoms with E-state index in [0.717, 1.165) is 24.6 Å². The van der Waals surface area contributed by atoms with Crippen molar-refractivity contribution >= 4 is 17.7 Å². The van der Waals surface area contributed by atoms with Gasteiger partial charge in [-0.15, -0.1) is 18.2 Å². The van der Waals surface area contributed by atoms with E-state index < -0.39 is 0 Å². The SMILES string of the molecule is C#CCSCCNCCC(=O)NCC. The van der Waals surface area contributed by atoms with Gasteiger partial charge in [-0.25, -0.2) is 0 Å². The Balaban J connectivity index is 3.06. The third kappa shape index (κ3) is 9.43. The summed E-state index contributed by atoms with van der Waals surface area (Å²) < 4.78 is 0. The van der Waals surface area contributed by atoms with Gasteiger partial charge in [0, 0.05) is 31.8 Å². The highest BCUT2D eigenvalue weighted by atomic mass is 32.2. The topological polar surface area (TPSA) is 41.1 Å². The molecule has 0 saturated carbocycles. The third-order valence-electron chi connectivity index (χ3n) is 1.51. The fraction of sp³-hybridized carbons (Fsp3) is 0.700. The molecule has 0 aromatic rings. The van der Waals surface area contributed by atoms with Gasteiger partial charge >= 0.3 is 0 Å². The smallest absolute Gasteiger partial charge is 0.221 e. The Morgan fingerprint density at radius 2 is 2.29 bits per heavy atom. The largest absolute Gasteiger partial charge is 0.356 e. The van der Waals surface area contributed by atoms with Crippen LogP contribution >= 0.6 is 11.8 Å². The molecule has 0 radical (unpaired) electrons. The summed E-state index contributed by atoms with van der Waals surface area (Å²) in [5.41, 5.74) is 0. The van der Waals surface area contributed by atoms with Crippen LogP contribution < -0.4 is 10.6 Å². The highest BCUT2D eigenvalue weighted by Crippen LogP contribution is 1.94. The van der Waals surface area contributed by atoms with E-state index in [-0.39, 0.29) is 5.91 Å². The molecule has 3 nitrogen and oxygen atoms in total. The maximum atomic E-state index is 11.0. The number of thioether (sulfide) groups is 1. The summed E-state index contributed by atoms with van der Waals surface area (Å²) in [6.07, 6.45) is 5.65. The van der Waals surface area contributed by atoms with Crippen LogP contribution in [0.4, 0.5) is 0 Å². The number of carbonyl (C=O) groups excluding carboxylic acids is 1. The molecule has 0 saturated heterocycles. The quantitative estimate of drug-likeness (QED) is 0.456. The van der Waals surface area contributed by atoms with Gasteiger partial charge in [0.05, 0.1) is 5.75 Å². The van der Waals surface area contributed by atoms with Crippen molar-refractivity contribution in [1.82, 2.24) is 10.6 Å². The van der Waals surface area contributed by atoms with E-state index in [1.807, 2.05) is 6.92 Å². The Bertz CT molecular complexity index is 189. The Kier molecular flexibility index (Phi) is 9.93. The molecule has 0 aromatic carbocycles. The van der Waals surface area contributed by atoms with Crippen LogP contribution in [0.25, 0.3) is 0 Å². The summed E-state index contributed by atoms with van der Waals surface area (Å²) >= 11 is 1.72. The molecule has 0 heterocycles. The van der Waals surface area contributed by atoms with Gasteiger partial charge in [-0.05, 0) is 6.92 Å². The Morgan fingerprint density at radius 1 is 1.50 bits per heavy atom. The van der Waals surface area contributed by atoms with Gasteiger partial charge in [0.25, 0.3) is 0 Å². The molecule has 0 unspecified atom stereocenters. The van der Waals surface area contributed by atoms with Crippen molar-refractivity contribution in [2.75, 3.05) is 31.1 Å². The number of hydrogen-bond acceptors (Lipinski definition) is 3. The van der Waals surface area contributed by atoms with Crippen molar-refractivity contribution in [3.63, 3.8) is 0 Å². The molecule has 14 heavy (non-hydrogen) atoms. The second kappa shape index (κ2) is 10.4. The lowest BCUT2D eigenvalue weighted by Crippen LogP contribution is -2.28. The maximum absolute atomic E-state index is 11.0. The molecule has 1 amide bonds. The average Bonchev–Trinajstić information content (AvgIpc) is 2.17. The molecule has 0 atom stereocenters. The van der Waals surface area contributed by atoms with Crippen molar-refractivity contribution in [3.8, 4) is 12.3 Å². The number of carbonyl (C=O) groups is 1. The van der Waals surface area contributed by atoms with Crippen molar-refractivity contribution in [3.05, 3.63) is 0 Å². The highest BCUT2D eigenvalue weighted by molar-refractivity contribution is 7.99. The van der Waals surface area contributed by atoms with Crippen LogP contribution in [0.15, 0.2) is 0 Å². The molecule has 0 aliphatic heterocycles. The molecule has 0 bridgehead atoms. The minimum atomic E-state index is 0.108. The zero-order valence-electron chi connectivity index (χ0n) is 8.64. The minimum absolute atomic E-state index is 0.108. The summed E-state index contributed by atoms with van der Waals surface area (Å²) in [6.45, 7) is 4.27. The second-order valence-electron chi connectivity index (χ2n) is 2.71. The Morgan fingerprint density at radius 3 is 2.93 bits per heavy atom. The van der Waals surface area contributed by atoms with Gasteiger partial charge in [-0.1, -0.05) is 5.92 Å². The Labute approximate surface area is 90.4 Å². The van der Waals surface area contributed by atoms with Gasteiger partial charge in [0.2, 0.25) is 5.91 Å². The normalized spacial score (nSPS) is 9.43. The molecule has 4 heteroatoms. The molecule has 0 rings (SSSR count). The fourth-order valence-electron chi connectivity index (χ4n) is 0.888. The van der Waals surface area contributed by atoms with E-state index in [1.165, 1.54) is 0 Å². The summed E-state index contributed by atoms with van der Waals surface area (Å²) in [5, 5.41) is 5.93. The molecule has 0 aromatic heterocycles. The number of rotatable bonds is 8. The van der Waals surface area contributed by atoms with Crippen molar-refractivity contribution < 1.29 is 4.79 Å². The molecule has 0 spiro atoms. The predicted octanol–water partition coefficient (Wildman–Crippen LogP) is 0.469. The van der Waals surface area contributed by atoms with Gasteiger partial charge in [-0.2, -0.15) is 0 Å². The van der Waals surface area contributed by atoms with Crippen LogP contribution in [0.3, 0.4) is 0 Å². The number of nitrogens with one attached hydrogen (secondary N) is 2. The van der Waals surface area contributed by atoms with Crippen molar-refractivity contribution in [1.29, 1.82) is 0 Å². The summed E-state index contributed by atoms with van der Waals surface area (Å²) in [4.78, 5) is 11.0. The first-order chi connectivity index (χ1) is 6.81. The maximum Gasteiger partial charge on any atom is 0.221 e. The monoisotopic (exact) mass is 214 g/mol. The fourth-order valence-corrected chi connectivity index (χ4v) is 1.44. The van der Waals surface area contributed by atoms with Gasteiger partial charge in [0.15, 0.2) is 0 Å². The van der Waals surface area contributed by atoms with Crippen molar-refractivity contribution in [2.45, 2.75) is 13.3 Å². The van der Waals surface area contributed by atoms with Crippen LogP contribution in [0, 0.1) is 12.3 Å². The number of hydrogen-bond donors (Lipinski definition) is 2. The Hall–Kier alpha value is -0.660. The molecular weight excluding hydrogens is 196 g/mol. The van der Waals surface area contributed by atoms with Gasteiger partial charge in [0.1, 0.15) is 0 Å². The third-order valence-corrected chi connectivity index (χ3v) is 2.37. The first-order valence-corrected chi connectivity index (χ1v) is 5.95. The van der Waals surface area contributed by atoms with Crippen LogP contribution in [0.2, 0.25) is 0 Å². The van der Waals surface area contributed by atoms with E-state index in [9.17, 15) is 4.79 Å². The van der Waals surface area contributed by atoms with Crippen LogP contribution in [0.1, 0.15) is 13.3 Å². The van der Waals surface area contributed by atoms with Crippen molar-refractivity contribution in [2.24, 2.45) is 0 Å². The lowest BCUT2D eigenvalue weighted by molar-refractivity contribution is -0.120. The number of terminal acetylenes is 1. The van der Waals surface area contributed by atoms with E-state index in [4.69, 9.17) is 6.42 Å². The molecule has 2 N–H and O–H groups in total. The average molecular weight is 214 g/mol. The van der Waals surface area contributed by atoms with E-state index >= 15 is 0 Å². The van der Waals surface area contributed by atoms with Gasteiger partial charge in [-0.3, -0.25) is 4.79 Å². The molecular formula is C10H18N2OS. The molecule has 0 aliphatic rings. The number of amides is 1. The van der Waals surface area contributed by atoms with Crippen LogP contribution in [-0.4, -0.2) is 37.0 Å². The lowest BCUT2D eigenvalue weighted by atomic mass is 10.4. The highest BCUT2D eigenvalue weighted by Gasteiger charge is 1.97. The first kappa shape index (κ1) is 13.3. The predicted molar refractivity (Wildman–Crippen MR) is 62.3 cm³/mol. The molecule has 80 valence electrons. The van der Waals surface area contributed by atoms with E-state index in [2.05, 4.69) is 16.6 Å². The summed E-state index contributed by atoms with van der Waals surface area (Å²) in [6, 6.07) is 0. The second-order valence-corrected chi connectivity index (χ2v) is 3.82. The van der Waals surface area contributed by atoms with E-state index in [0.29, 0.717) is 13.0 Å². The zero-order chi connectivity index (χ0) is 10.6.